The summed E-state index contributed by atoms with van der Waals surface area (Å²) in [6.07, 6.45) is 3.46. The van der Waals surface area contributed by atoms with Gasteiger partial charge < -0.3 is 11.1 Å². The predicted octanol–water partition coefficient (Wildman–Crippen LogP) is 2.90. The van der Waals surface area contributed by atoms with Crippen LogP contribution in [0.4, 0.5) is 5.95 Å². The molecule has 0 aliphatic heterocycles. The van der Waals surface area contributed by atoms with E-state index in [0.29, 0.717) is 5.69 Å². The Kier molecular flexibility index (Phi) is 4.93. The molecule has 0 aliphatic rings. The van der Waals surface area contributed by atoms with Gasteiger partial charge in [-0.15, -0.1) is 0 Å². The largest absolute Gasteiger partial charge is 0.368 e. The summed E-state index contributed by atoms with van der Waals surface area (Å²) in [7, 11) is 0. The third kappa shape index (κ3) is 3.85. The van der Waals surface area contributed by atoms with Gasteiger partial charge in [-0.2, -0.15) is 0 Å². The molecule has 2 aromatic heterocycles. The topological polar surface area (TPSA) is 93.8 Å². The maximum atomic E-state index is 12.8. The van der Waals surface area contributed by atoms with E-state index in [1.165, 1.54) is 0 Å². The number of amides is 1. The fraction of sp³-hybridized carbons (Fsp3) is 0.200. The number of carbonyl (C=O) groups excluding carboxylic acids is 1. The zero-order chi connectivity index (χ0) is 18.7. The summed E-state index contributed by atoms with van der Waals surface area (Å²) >= 11 is 0. The lowest BCUT2D eigenvalue weighted by Gasteiger charge is -2.22. The highest BCUT2D eigenvalue weighted by Gasteiger charge is 2.21. The van der Waals surface area contributed by atoms with Crippen molar-refractivity contribution in [1.29, 1.82) is 0 Å². The van der Waals surface area contributed by atoms with Crippen LogP contribution < -0.4 is 11.1 Å². The molecule has 26 heavy (non-hydrogen) atoms. The molecule has 0 aliphatic carbocycles. The number of nitrogen functional groups attached to an aromatic ring is 1. The number of hydrogen-bond acceptors (Lipinski definition) is 5. The smallest absolute Gasteiger partial charge is 0.270 e. The molecule has 3 aromatic rings. The quantitative estimate of drug-likeness (QED) is 0.757. The highest BCUT2D eigenvalue weighted by Crippen LogP contribution is 2.26. The molecule has 6 heteroatoms. The zero-order valence-corrected chi connectivity index (χ0v) is 15.0. The van der Waals surface area contributed by atoms with Gasteiger partial charge in [-0.3, -0.25) is 9.78 Å². The Morgan fingerprint density at radius 3 is 2.62 bits per heavy atom. The monoisotopic (exact) mass is 347 g/mol. The number of rotatable bonds is 4. The highest BCUT2D eigenvalue weighted by atomic mass is 16.1. The van der Waals surface area contributed by atoms with E-state index in [-0.39, 0.29) is 23.6 Å². The molecule has 0 saturated heterocycles. The first-order valence-electron chi connectivity index (χ1n) is 8.33. The molecule has 0 radical (unpaired) electrons. The van der Waals surface area contributed by atoms with Crippen LogP contribution in [-0.2, 0) is 0 Å². The minimum Gasteiger partial charge on any atom is -0.368 e. The average Bonchev–Trinajstić information content (AvgIpc) is 2.61. The fourth-order valence-corrected chi connectivity index (χ4v) is 2.87. The van der Waals surface area contributed by atoms with E-state index in [1.54, 1.807) is 25.4 Å². The van der Waals surface area contributed by atoms with E-state index < -0.39 is 0 Å². The van der Waals surface area contributed by atoms with E-state index in [9.17, 15) is 4.79 Å². The van der Waals surface area contributed by atoms with Crippen LogP contribution in [0.25, 0.3) is 0 Å². The first-order valence-corrected chi connectivity index (χ1v) is 8.33. The highest BCUT2D eigenvalue weighted by molar-refractivity contribution is 5.93. The van der Waals surface area contributed by atoms with Gasteiger partial charge in [-0.1, -0.05) is 29.8 Å². The Bertz CT molecular complexity index is 920. The zero-order valence-electron chi connectivity index (χ0n) is 15.0. The number of aryl methyl sites for hydroxylation is 3. The number of hydrogen-bond donors (Lipinski definition) is 2. The lowest BCUT2D eigenvalue weighted by Crippen LogP contribution is -2.31. The van der Waals surface area contributed by atoms with Crippen LogP contribution in [0, 0.1) is 20.8 Å². The van der Waals surface area contributed by atoms with Crippen LogP contribution in [-0.4, -0.2) is 20.9 Å². The number of benzene rings is 1. The minimum atomic E-state index is -0.340. The van der Waals surface area contributed by atoms with Crippen molar-refractivity contribution in [2.75, 3.05) is 5.73 Å². The van der Waals surface area contributed by atoms with Crippen molar-refractivity contribution >= 4 is 11.9 Å². The minimum absolute atomic E-state index is 0.0832. The summed E-state index contributed by atoms with van der Waals surface area (Å²) in [5.41, 5.74) is 10.7. The van der Waals surface area contributed by atoms with Gasteiger partial charge in [-0.05, 0) is 49.6 Å². The van der Waals surface area contributed by atoms with Crippen molar-refractivity contribution in [3.8, 4) is 0 Å². The summed E-state index contributed by atoms with van der Waals surface area (Å²) < 4.78 is 0. The van der Waals surface area contributed by atoms with E-state index in [2.05, 4.69) is 32.4 Å². The normalized spacial score (nSPS) is 11.8. The van der Waals surface area contributed by atoms with E-state index >= 15 is 0 Å². The molecule has 1 aromatic carbocycles. The van der Waals surface area contributed by atoms with Crippen LogP contribution in [0.5, 0.6) is 0 Å². The molecular weight excluding hydrogens is 326 g/mol. The molecule has 1 unspecified atom stereocenters. The molecule has 0 saturated carbocycles. The molecule has 1 atom stereocenters. The van der Waals surface area contributed by atoms with Crippen molar-refractivity contribution in [2.24, 2.45) is 0 Å². The maximum Gasteiger partial charge on any atom is 0.270 e. The summed E-state index contributed by atoms with van der Waals surface area (Å²) in [6, 6.07) is 11.3. The van der Waals surface area contributed by atoms with Gasteiger partial charge in [0.1, 0.15) is 5.69 Å². The van der Waals surface area contributed by atoms with Crippen LogP contribution in [0.1, 0.15) is 44.5 Å². The Morgan fingerprint density at radius 1 is 1.12 bits per heavy atom. The van der Waals surface area contributed by atoms with Gasteiger partial charge >= 0.3 is 0 Å². The molecule has 6 nitrogen and oxygen atoms in total. The summed E-state index contributed by atoms with van der Waals surface area (Å²) in [5, 5.41) is 3.06. The Labute approximate surface area is 152 Å². The van der Waals surface area contributed by atoms with Crippen LogP contribution in [0.3, 0.4) is 0 Å². The van der Waals surface area contributed by atoms with Gasteiger partial charge in [0.2, 0.25) is 5.95 Å². The second-order valence-electron chi connectivity index (χ2n) is 6.31. The molecule has 1 amide bonds. The number of nitrogens with two attached hydrogens (primary N) is 1. The van der Waals surface area contributed by atoms with E-state index in [4.69, 9.17) is 5.73 Å². The van der Waals surface area contributed by atoms with Gasteiger partial charge in [0, 0.05) is 18.1 Å². The van der Waals surface area contributed by atoms with Crippen LogP contribution in [0.15, 0.2) is 48.8 Å². The van der Waals surface area contributed by atoms with Crippen molar-refractivity contribution in [2.45, 2.75) is 26.8 Å². The molecule has 0 spiro atoms. The SMILES string of the molecule is Cc1ccc(C)c(C(NC(=O)c2cc(C)nc(N)n2)c2cccnc2)c1. The summed E-state index contributed by atoms with van der Waals surface area (Å²) in [6.45, 7) is 5.83. The molecular formula is C20H21N5O. The van der Waals surface area contributed by atoms with Crippen molar-refractivity contribution in [1.82, 2.24) is 20.3 Å². The summed E-state index contributed by atoms with van der Waals surface area (Å²) in [5.74, 6) is -0.225. The van der Waals surface area contributed by atoms with Crippen LogP contribution >= 0.6 is 0 Å². The molecule has 132 valence electrons. The van der Waals surface area contributed by atoms with Gasteiger partial charge in [0.15, 0.2) is 0 Å². The van der Waals surface area contributed by atoms with Crippen molar-refractivity contribution < 1.29 is 4.79 Å². The fourth-order valence-electron chi connectivity index (χ4n) is 2.87. The number of pyridine rings is 1. The Hall–Kier alpha value is -3.28. The molecule has 3 N–H and O–H groups in total. The van der Waals surface area contributed by atoms with Crippen molar-refractivity contribution in [3.05, 3.63) is 82.4 Å². The number of nitrogens with zero attached hydrogens (tertiary/aromatic N) is 3. The molecule has 0 bridgehead atoms. The van der Waals surface area contributed by atoms with Crippen LogP contribution in [0.2, 0.25) is 0 Å². The maximum absolute atomic E-state index is 12.8. The first-order chi connectivity index (χ1) is 12.4. The number of nitrogens with one attached hydrogen (secondary N) is 1. The third-order valence-corrected chi connectivity index (χ3v) is 4.14. The number of anilines is 1. The number of aromatic nitrogens is 3. The van der Waals surface area contributed by atoms with E-state index in [1.807, 2.05) is 32.0 Å². The van der Waals surface area contributed by atoms with E-state index in [0.717, 1.165) is 22.3 Å². The second kappa shape index (κ2) is 7.31. The summed E-state index contributed by atoms with van der Waals surface area (Å²) in [4.78, 5) is 25.1. The second-order valence-corrected chi connectivity index (χ2v) is 6.31. The number of carbonyl (C=O) groups is 1. The molecule has 2 heterocycles. The Balaban J connectivity index is 2.01. The third-order valence-electron chi connectivity index (χ3n) is 4.14. The Morgan fingerprint density at radius 2 is 1.92 bits per heavy atom. The average molecular weight is 347 g/mol. The molecule has 3 rings (SSSR count). The van der Waals surface area contributed by atoms with Gasteiger partial charge in [0.25, 0.3) is 5.91 Å². The predicted molar refractivity (Wildman–Crippen MR) is 101 cm³/mol. The van der Waals surface area contributed by atoms with Crippen molar-refractivity contribution in [3.63, 3.8) is 0 Å². The van der Waals surface area contributed by atoms with Gasteiger partial charge in [0.05, 0.1) is 6.04 Å². The van der Waals surface area contributed by atoms with Gasteiger partial charge in [-0.25, -0.2) is 9.97 Å². The lowest BCUT2D eigenvalue weighted by atomic mass is 9.94. The molecule has 0 fully saturated rings. The first kappa shape index (κ1) is 17.5. The lowest BCUT2D eigenvalue weighted by molar-refractivity contribution is 0.0937. The standard InChI is InChI=1S/C20H21N5O/c1-12-6-7-13(2)16(9-12)18(15-5-4-8-22-11-15)25-19(26)17-10-14(3)23-20(21)24-17/h4-11,18H,1-3H3,(H,25,26)(H2,21,23,24).